The molecule has 23 heavy (non-hydrogen) atoms. The highest BCUT2D eigenvalue weighted by atomic mass is 16.3. The van der Waals surface area contributed by atoms with E-state index in [1.54, 1.807) is 24.3 Å². The lowest BCUT2D eigenvalue weighted by Gasteiger charge is -2.23. The molecule has 5 heteroatoms. The van der Waals surface area contributed by atoms with Crippen LogP contribution in [0.4, 0.5) is 4.79 Å². The van der Waals surface area contributed by atoms with E-state index in [0.717, 1.165) is 17.5 Å². The fraction of sp³-hybridized carbons (Fsp3) is 0.278. The topological polar surface area (TPSA) is 72.8 Å². The Balaban J connectivity index is 1.67. The van der Waals surface area contributed by atoms with Crippen molar-refractivity contribution < 1.29 is 15.0 Å². The molecule has 0 aromatic heterocycles. The Bertz CT molecular complexity index is 682. The molecule has 0 aliphatic carbocycles. The first kappa shape index (κ1) is 15.2. The smallest absolute Gasteiger partial charge is 0.318 e. The maximum atomic E-state index is 12.2. The first-order valence-corrected chi connectivity index (χ1v) is 7.68. The average Bonchev–Trinajstić information content (AvgIpc) is 2.82. The second-order valence-corrected chi connectivity index (χ2v) is 5.87. The van der Waals surface area contributed by atoms with Gasteiger partial charge in [-0.2, -0.15) is 0 Å². The van der Waals surface area contributed by atoms with E-state index in [4.69, 9.17) is 0 Å². The summed E-state index contributed by atoms with van der Waals surface area (Å²) in [7, 11) is 0. The lowest BCUT2D eigenvalue weighted by molar-refractivity contribution is 0.206. The van der Waals surface area contributed by atoms with Crippen LogP contribution in [0.1, 0.15) is 24.1 Å². The summed E-state index contributed by atoms with van der Waals surface area (Å²) in [4.78, 5) is 14.1. The molecule has 2 aromatic carbocycles. The second-order valence-electron chi connectivity index (χ2n) is 5.87. The number of hydrogen-bond donors (Lipinski definition) is 3. The minimum absolute atomic E-state index is 0.0316. The number of aromatic hydroxyl groups is 2. The van der Waals surface area contributed by atoms with Crippen LogP contribution in [0.5, 0.6) is 11.5 Å². The molecule has 120 valence electrons. The van der Waals surface area contributed by atoms with Gasteiger partial charge >= 0.3 is 6.03 Å². The number of phenolic OH excluding ortho intramolecular Hbond substituents is 2. The molecular formula is C18H20N2O3. The van der Waals surface area contributed by atoms with Crippen LogP contribution < -0.4 is 5.32 Å². The summed E-state index contributed by atoms with van der Waals surface area (Å²) in [6.07, 6.45) is 0.736. The van der Waals surface area contributed by atoms with Crippen molar-refractivity contribution in [3.05, 3.63) is 59.7 Å². The molecule has 2 amide bonds. The quantitative estimate of drug-likeness (QED) is 0.813. The minimum Gasteiger partial charge on any atom is -0.508 e. The Hall–Kier alpha value is -2.69. The Morgan fingerprint density at radius 2 is 1.57 bits per heavy atom. The van der Waals surface area contributed by atoms with Crippen molar-refractivity contribution in [1.82, 2.24) is 10.2 Å². The van der Waals surface area contributed by atoms with Crippen LogP contribution in [0, 0.1) is 0 Å². The number of nitrogens with one attached hydrogen (secondary N) is 1. The molecule has 1 heterocycles. The third kappa shape index (κ3) is 3.23. The first-order chi connectivity index (χ1) is 11.0. The van der Waals surface area contributed by atoms with Gasteiger partial charge in [0.05, 0.1) is 12.1 Å². The lowest BCUT2D eigenvalue weighted by Crippen LogP contribution is -2.34. The number of amides is 2. The summed E-state index contributed by atoms with van der Waals surface area (Å²) in [5.74, 6) is 0.461. The van der Waals surface area contributed by atoms with E-state index >= 15 is 0 Å². The molecular weight excluding hydrogens is 292 g/mol. The van der Waals surface area contributed by atoms with E-state index in [2.05, 4.69) is 5.32 Å². The zero-order chi connectivity index (χ0) is 16.4. The fourth-order valence-corrected chi connectivity index (χ4v) is 2.96. The summed E-state index contributed by atoms with van der Waals surface area (Å²) in [6.45, 7) is 2.64. The summed E-state index contributed by atoms with van der Waals surface area (Å²) in [5.41, 5.74) is 2.06. The average molecular weight is 312 g/mol. The van der Waals surface area contributed by atoms with Gasteiger partial charge in [0, 0.05) is 6.54 Å². The number of hydrogen-bond acceptors (Lipinski definition) is 3. The predicted octanol–water partition coefficient (Wildman–Crippen LogP) is 2.80. The third-order valence-electron chi connectivity index (χ3n) is 4.34. The van der Waals surface area contributed by atoms with Gasteiger partial charge in [0.2, 0.25) is 0 Å². The highest BCUT2D eigenvalue weighted by molar-refractivity contribution is 5.78. The number of nitrogens with zero attached hydrogens (tertiary/aromatic N) is 1. The molecule has 0 bridgehead atoms. The normalized spacial score (nSPS) is 20.6. The molecule has 0 spiro atoms. The number of carbonyl (C=O) groups is 1. The summed E-state index contributed by atoms with van der Waals surface area (Å²) < 4.78 is 0. The highest BCUT2D eigenvalue weighted by Crippen LogP contribution is 2.28. The van der Waals surface area contributed by atoms with Crippen molar-refractivity contribution in [3.63, 3.8) is 0 Å². The van der Waals surface area contributed by atoms with E-state index in [0.29, 0.717) is 6.54 Å². The van der Waals surface area contributed by atoms with Gasteiger partial charge in [-0.3, -0.25) is 0 Å². The van der Waals surface area contributed by atoms with Crippen molar-refractivity contribution in [1.29, 1.82) is 0 Å². The summed E-state index contributed by atoms with van der Waals surface area (Å²) >= 11 is 0. The number of phenols is 2. The van der Waals surface area contributed by atoms with Crippen LogP contribution in [0.25, 0.3) is 0 Å². The number of rotatable bonds is 4. The largest absolute Gasteiger partial charge is 0.508 e. The van der Waals surface area contributed by atoms with Crippen molar-refractivity contribution in [2.24, 2.45) is 0 Å². The van der Waals surface area contributed by atoms with Gasteiger partial charge in [-0.25, -0.2) is 4.79 Å². The van der Waals surface area contributed by atoms with Gasteiger partial charge in [0.1, 0.15) is 11.5 Å². The van der Waals surface area contributed by atoms with E-state index < -0.39 is 0 Å². The van der Waals surface area contributed by atoms with Crippen LogP contribution in [-0.2, 0) is 6.42 Å². The molecule has 1 fully saturated rings. The highest BCUT2D eigenvalue weighted by Gasteiger charge is 2.36. The molecule has 1 saturated heterocycles. The third-order valence-corrected chi connectivity index (χ3v) is 4.34. The van der Waals surface area contributed by atoms with Crippen LogP contribution >= 0.6 is 0 Å². The number of carbonyl (C=O) groups excluding carboxylic acids is 1. The monoisotopic (exact) mass is 312 g/mol. The molecule has 5 nitrogen and oxygen atoms in total. The van der Waals surface area contributed by atoms with Crippen LogP contribution in [0.3, 0.4) is 0 Å². The Morgan fingerprint density at radius 1 is 1.00 bits per heavy atom. The van der Waals surface area contributed by atoms with Gasteiger partial charge < -0.3 is 20.4 Å². The molecule has 0 unspecified atom stereocenters. The zero-order valence-electron chi connectivity index (χ0n) is 12.9. The van der Waals surface area contributed by atoms with Crippen LogP contribution in [0.15, 0.2) is 48.5 Å². The van der Waals surface area contributed by atoms with Crippen molar-refractivity contribution in [3.8, 4) is 11.5 Å². The first-order valence-electron chi connectivity index (χ1n) is 7.68. The second kappa shape index (κ2) is 6.20. The molecule has 2 aromatic rings. The van der Waals surface area contributed by atoms with Gasteiger partial charge in [-0.1, -0.05) is 24.3 Å². The molecule has 0 radical (unpaired) electrons. The Labute approximate surface area is 135 Å². The molecule has 0 saturated carbocycles. The minimum atomic E-state index is -0.0806. The molecule has 1 aliphatic rings. The number of benzene rings is 2. The van der Waals surface area contributed by atoms with Crippen molar-refractivity contribution >= 4 is 6.03 Å². The Morgan fingerprint density at radius 3 is 2.17 bits per heavy atom. The van der Waals surface area contributed by atoms with E-state index in [9.17, 15) is 15.0 Å². The van der Waals surface area contributed by atoms with Crippen molar-refractivity contribution in [2.75, 3.05) is 6.54 Å². The fourth-order valence-electron chi connectivity index (χ4n) is 2.96. The standard InChI is InChI=1S/C18H20N2O3/c1-12-17(14-4-8-16(22)9-5-14)19-18(23)20(12)11-10-13-2-6-15(21)7-3-13/h2-9,12,17,21-22H,10-11H2,1H3,(H,19,23)/t12-,17-/m0/s1. The van der Waals surface area contributed by atoms with Gasteiger partial charge in [-0.05, 0) is 48.7 Å². The van der Waals surface area contributed by atoms with Gasteiger partial charge in [0.15, 0.2) is 0 Å². The van der Waals surface area contributed by atoms with E-state index in [1.165, 1.54) is 0 Å². The molecule has 1 aliphatic heterocycles. The van der Waals surface area contributed by atoms with E-state index in [-0.39, 0.29) is 29.6 Å². The Kier molecular flexibility index (Phi) is 4.10. The van der Waals surface area contributed by atoms with Crippen LogP contribution in [-0.4, -0.2) is 33.7 Å². The maximum Gasteiger partial charge on any atom is 0.318 e. The van der Waals surface area contributed by atoms with Gasteiger partial charge in [-0.15, -0.1) is 0 Å². The van der Waals surface area contributed by atoms with Gasteiger partial charge in [0.25, 0.3) is 0 Å². The summed E-state index contributed by atoms with van der Waals surface area (Å²) in [5, 5.41) is 21.7. The molecule has 3 rings (SSSR count). The molecule has 3 N–H and O–H groups in total. The van der Waals surface area contributed by atoms with Crippen LogP contribution in [0.2, 0.25) is 0 Å². The maximum absolute atomic E-state index is 12.2. The predicted molar refractivity (Wildman–Crippen MR) is 87.4 cm³/mol. The SMILES string of the molecule is C[C@H]1[C@@H](c2ccc(O)cc2)NC(=O)N1CCc1ccc(O)cc1. The summed E-state index contributed by atoms with van der Waals surface area (Å²) in [6, 6.07) is 13.9. The van der Waals surface area contributed by atoms with E-state index in [1.807, 2.05) is 36.1 Å². The zero-order valence-corrected chi connectivity index (χ0v) is 12.9. The lowest BCUT2D eigenvalue weighted by atomic mass is 10.0. The van der Waals surface area contributed by atoms with Crippen molar-refractivity contribution in [2.45, 2.75) is 25.4 Å². The number of urea groups is 1. The molecule has 2 atom stereocenters.